The van der Waals surface area contributed by atoms with E-state index in [1.807, 2.05) is 0 Å². The molecule has 0 aliphatic carbocycles. The first-order valence-electron chi connectivity index (χ1n) is 6.72. The van der Waals surface area contributed by atoms with E-state index in [1.54, 1.807) is 24.3 Å². The van der Waals surface area contributed by atoms with Gasteiger partial charge in [-0.25, -0.2) is 0 Å². The standard InChI is InChI=1S/C16H16N2O4.Mn/c19-13-7-3-1-5-11(13)15(21)17-9-10-18-16(22)12-6-2-4-8-14(12)20;/h1-8,19-20H,9-10H2,(H,17,21)(H,18,22);. The predicted octanol–water partition coefficient (Wildman–Crippen LogP) is 1.26. The van der Waals surface area contributed by atoms with Gasteiger partial charge in [-0.2, -0.15) is 0 Å². The van der Waals surface area contributed by atoms with Gasteiger partial charge in [0.1, 0.15) is 11.5 Å². The molecule has 0 fully saturated rings. The topological polar surface area (TPSA) is 98.7 Å². The molecular weight excluding hydrogens is 339 g/mol. The molecule has 0 saturated carbocycles. The van der Waals surface area contributed by atoms with Gasteiger partial charge in [0.05, 0.1) is 11.1 Å². The third-order valence-electron chi connectivity index (χ3n) is 2.99. The van der Waals surface area contributed by atoms with Crippen LogP contribution < -0.4 is 10.6 Å². The van der Waals surface area contributed by atoms with Crippen molar-refractivity contribution >= 4 is 11.8 Å². The van der Waals surface area contributed by atoms with Crippen LogP contribution in [0.2, 0.25) is 0 Å². The summed E-state index contributed by atoms with van der Waals surface area (Å²) in [7, 11) is 0. The van der Waals surface area contributed by atoms with Crippen LogP contribution in [-0.2, 0) is 17.1 Å². The Morgan fingerprint density at radius 3 is 1.43 bits per heavy atom. The van der Waals surface area contributed by atoms with Gasteiger partial charge in [-0.1, -0.05) is 24.3 Å². The fourth-order valence-electron chi connectivity index (χ4n) is 1.87. The summed E-state index contributed by atoms with van der Waals surface area (Å²) in [4.78, 5) is 23.6. The molecule has 0 aromatic heterocycles. The molecule has 1 radical (unpaired) electrons. The van der Waals surface area contributed by atoms with Crippen LogP contribution in [0.15, 0.2) is 48.5 Å². The zero-order valence-electron chi connectivity index (χ0n) is 12.1. The number of phenolic OH excluding ortho intramolecular Hbond substituents is 2. The number of hydrogen-bond acceptors (Lipinski definition) is 4. The van der Waals surface area contributed by atoms with Crippen LogP contribution >= 0.6 is 0 Å². The van der Waals surface area contributed by atoms with Gasteiger partial charge in [0.15, 0.2) is 0 Å². The molecular formula is C16H16MnN2O4. The molecule has 23 heavy (non-hydrogen) atoms. The zero-order chi connectivity index (χ0) is 15.9. The maximum atomic E-state index is 11.8. The van der Waals surface area contributed by atoms with Crippen molar-refractivity contribution in [3.63, 3.8) is 0 Å². The third-order valence-corrected chi connectivity index (χ3v) is 2.99. The van der Waals surface area contributed by atoms with Crippen LogP contribution in [0, 0.1) is 0 Å². The number of nitrogens with one attached hydrogen (secondary N) is 2. The summed E-state index contributed by atoms with van der Waals surface area (Å²) in [6.45, 7) is 0.402. The average molecular weight is 355 g/mol. The molecule has 2 rings (SSSR count). The Morgan fingerprint density at radius 1 is 0.739 bits per heavy atom. The van der Waals surface area contributed by atoms with Gasteiger partial charge in [0, 0.05) is 30.2 Å². The van der Waals surface area contributed by atoms with Crippen molar-refractivity contribution in [3.05, 3.63) is 59.7 Å². The Labute approximate surface area is 144 Å². The smallest absolute Gasteiger partial charge is 0.255 e. The predicted molar refractivity (Wildman–Crippen MR) is 80.9 cm³/mol. The van der Waals surface area contributed by atoms with E-state index in [0.717, 1.165) is 0 Å². The Balaban J connectivity index is 0.00000264. The maximum absolute atomic E-state index is 11.8. The van der Waals surface area contributed by atoms with E-state index < -0.39 is 11.8 Å². The normalized spacial score (nSPS) is 9.57. The first-order chi connectivity index (χ1) is 10.6. The first-order valence-corrected chi connectivity index (χ1v) is 6.72. The first kappa shape index (κ1) is 18.5. The van der Waals surface area contributed by atoms with Crippen molar-refractivity contribution < 1.29 is 36.9 Å². The molecule has 0 aliphatic rings. The number of hydrogen-bond donors (Lipinski definition) is 4. The number of benzene rings is 2. The number of rotatable bonds is 5. The summed E-state index contributed by atoms with van der Waals surface area (Å²) in [5, 5.41) is 24.3. The van der Waals surface area contributed by atoms with Gasteiger partial charge in [0.2, 0.25) is 0 Å². The fraction of sp³-hybridized carbons (Fsp3) is 0.125. The number of aromatic hydroxyl groups is 2. The number of carbonyl (C=O) groups is 2. The molecule has 4 N–H and O–H groups in total. The van der Waals surface area contributed by atoms with Crippen molar-refractivity contribution in [2.24, 2.45) is 0 Å². The largest absolute Gasteiger partial charge is 0.507 e. The molecule has 121 valence electrons. The Morgan fingerprint density at radius 2 is 1.09 bits per heavy atom. The van der Waals surface area contributed by atoms with Gasteiger partial charge in [-0.15, -0.1) is 0 Å². The molecule has 0 saturated heterocycles. The number of phenols is 2. The summed E-state index contributed by atoms with van der Waals surface area (Å²) in [6.07, 6.45) is 0. The summed E-state index contributed by atoms with van der Waals surface area (Å²) < 4.78 is 0. The molecule has 0 heterocycles. The molecule has 2 aromatic rings. The number of carbonyl (C=O) groups excluding carboxylic acids is 2. The molecule has 7 heteroatoms. The second-order valence-electron chi connectivity index (χ2n) is 4.55. The molecule has 2 aromatic carbocycles. The van der Waals surface area contributed by atoms with Crippen LogP contribution in [0.4, 0.5) is 0 Å². The van der Waals surface area contributed by atoms with Crippen molar-refractivity contribution in [2.45, 2.75) is 0 Å². The van der Waals surface area contributed by atoms with Crippen molar-refractivity contribution in [1.29, 1.82) is 0 Å². The molecule has 0 bridgehead atoms. The average Bonchev–Trinajstić information content (AvgIpc) is 2.52. The quantitative estimate of drug-likeness (QED) is 0.479. The van der Waals surface area contributed by atoms with Gasteiger partial charge < -0.3 is 20.8 Å². The summed E-state index contributed by atoms with van der Waals surface area (Å²) >= 11 is 0. The molecule has 0 spiro atoms. The van der Waals surface area contributed by atoms with Crippen LogP contribution in [0.3, 0.4) is 0 Å². The molecule has 6 nitrogen and oxygen atoms in total. The van der Waals surface area contributed by atoms with Gasteiger partial charge >= 0.3 is 0 Å². The van der Waals surface area contributed by atoms with E-state index in [-0.39, 0.29) is 52.8 Å². The van der Waals surface area contributed by atoms with Crippen LogP contribution in [0.25, 0.3) is 0 Å². The van der Waals surface area contributed by atoms with E-state index in [0.29, 0.717) is 0 Å². The summed E-state index contributed by atoms with van der Waals surface area (Å²) in [5.41, 5.74) is 0.351. The maximum Gasteiger partial charge on any atom is 0.255 e. The van der Waals surface area contributed by atoms with Crippen LogP contribution in [0.1, 0.15) is 20.7 Å². The minimum Gasteiger partial charge on any atom is -0.507 e. The fourth-order valence-corrected chi connectivity index (χ4v) is 1.87. The van der Waals surface area contributed by atoms with Crippen molar-refractivity contribution in [3.8, 4) is 11.5 Å². The summed E-state index contributed by atoms with van der Waals surface area (Å²) in [5.74, 6) is -1.04. The Bertz CT molecular complexity index is 632. The Kier molecular flexibility index (Phi) is 7.12. The van der Waals surface area contributed by atoms with E-state index in [2.05, 4.69) is 10.6 Å². The zero-order valence-corrected chi connectivity index (χ0v) is 13.3. The van der Waals surface area contributed by atoms with Gasteiger partial charge in [0.25, 0.3) is 11.8 Å². The number of para-hydroxylation sites is 2. The molecule has 0 aliphatic heterocycles. The van der Waals surface area contributed by atoms with Crippen molar-refractivity contribution in [1.82, 2.24) is 10.6 Å². The Hall–Kier alpha value is -2.50. The SMILES string of the molecule is O=C(NCCNC(=O)c1ccccc1O)c1ccccc1O.[Mn]. The molecule has 2 amide bonds. The minimum atomic E-state index is -0.421. The van der Waals surface area contributed by atoms with Crippen LogP contribution in [0.5, 0.6) is 11.5 Å². The van der Waals surface area contributed by atoms with E-state index in [1.165, 1.54) is 24.3 Å². The van der Waals surface area contributed by atoms with E-state index in [9.17, 15) is 19.8 Å². The molecule has 0 atom stereocenters. The summed E-state index contributed by atoms with van der Waals surface area (Å²) in [6, 6.07) is 12.4. The molecule has 0 unspecified atom stereocenters. The van der Waals surface area contributed by atoms with E-state index in [4.69, 9.17) is 0 Å². The van der Waals surface area contributed by atoms with E-state index >= 15 is 0 Å². The monoisotopic (exact) mass is 355 g/mol. The second kappa shape index (κ2) is 8.82. The minimum absolute atomic E-state index is 0. The van der Waals surface area contributed by atoms with Gasteiger partial charge in [-0.3, -0.25) is 9.59 Å². The van der Waals surface area contributed by atoms with Gasteiger partial charge in [-0.05, 0) is 24.3 Å². The third kappa shape index (κ3) is 5.02. The second-order valence-corrected chi connectivity index (χ2v) is 4.55. The van der Waals surface area contributed by atoms with Crippen LogP contribution in [-0.4, -0.2) is 35.1 Å². The van der Waals surface area contributed by atoms with Crippen molar-refractivity contribution in [2.75, 3.05) is 13.1 Å². The number of amides is 2.